The van der Waals surface area contributed by atoms with Crippen LogP contribution in [0.15, 0.2) is 0 Å². The van der Waals surface area contributed by atoms with Crippen molar-refractivity contribution in [3.63, 3.8) is 0 Å². The van der Waals surface area contributed by atoms with E-state index in [1.165, 1.54) is 13.5 Å². The van der Waals surface area contributed by atoms with E-state index >= 15 is 0 Å². The van der Waals surface area contributed by atoms with Crippen molar-refractivity contribution in [1.29, 1.82) is 0 Å². The number of hydrogen-bond donors (Lipinski definition) is 0. The maximum atomic E-state index is 12.5. The van der Waals surface area contributed by atoms with Crippen LogP contribution in [0.25, 0.3) is 0 Å². The van der Waals surface area contributed by atoms with Crippen molar-refractivity contribution in [3.05, 3.63) is 0 Å². The lowest BCUT2D eigenvalue weighted by atomic mass is 9.72. The minimum absolute atomic E-state index is 0.115. The number of carbonyl (C=O) groups excluding carboxylic acids is 2. The Hall–Kier alpha value is -0.860. The highest BCUT2D eigenvalue weighted by Crippen LogP contribution is 2.65. The highest BCUT2D eigenvalue weighted by atomic mass is 16.5. The van der Waals surface area contributed by atoms with Crippen LogP contribution in [0.5, 0.6) is 0 Å². The fourth-order valence-corrected chi connectivity index (χ4v) is 5.10. The van der Waals surface area contributed by atoms with Crippen molar-refractivity contribution in [3.8, 4) is 0 Å². The van der Waals surface area contributed by atoms with Gasteiger partial charge in [-0.1, -0.05) is 13.3 Å². The summed E-state index contributed by atoms with van der Waals surface area (Å²) in [5, 5.41) is 0. The largest absolute Gasteiger partial charge is 0.469 e. The third-order valence-electron chi connectivity index (χ3n) is 6.07. The molecule has 0 radical (unpaired) electrons. The third-order valence-corrected chi connectivity index (χ3v) is 6.07. The zero-order valence-electron chi connectivity index (χ0n) is 11.5. The SMILES string of the molecule is COC(=O)[C@@]1(C)CC2C(=O)C3CCCC3(C)C2C1. The molecule has 3 rings (SSSR count). The van der Waals surface area contributed by atoms with E-state index in [2.05, 4.69) is 6.92 Å². The number of carbonyl (C=O) groups is 2. The molecule has 3 nitrogen and oxygen atoms in total. The second-order valence-electron chi connectivity index (χ2n) is 7.03. The van der Waals surface area contributed by atoms with Gasteiger partial charge in [-0.2, -0.15) is 0 Å². The highest BCUT2D eigenvalue weighted by Gasteiger charge is 2.65. The van der Waals surface area contributed by atoms with E-state index in [0.29, 0.717) is 18.1 Å². The van der Waals surface area contributed by atoms with Gasteiger partial charge < -0.3 is 4.74 Å². The summed E-state index contributed by atoms with van der Waals surface area (Å²) in [4.78, 5) is 24.5. The van der Waals surface area contributed by atoms with E-state index in [1.807, 2.05) is 6.92 Å². The molecule has 0 aromatic rings. The molecule has 0 aromatic heterocycles. The molecule has 5 atom stereocenters. The predicted octanol–water partition coefficient (Wildman–Crippen LogP) is 2.58. The fraction of sp³-hybridized carbons (Fsp3) is 0.867. The molecule has 0 spiro atoms. The van der Waals surface area contributed by atoms with E-state index in [0.717, 1.165) is 19.3 Å². The molecule has 18 heavy (non-hydrogen) atoms. The van der Waals surface area contributed by atoms with E-state index in [9.17, 15) is 9.59 Å². The molecular weight excluding hydrogens is 228 g/mol. The lowest BCUT2D eigenvalue weighted by Gasteiger charge is -2.32. The van der Waals surface area contributed by atoms with Crippen LogP contribution in [-0.2, 0) is 14.3 Å². The normalized spacial score (nSPS) is 50.2. The van der Waals surface area contributed by atoms with Gasteiger partial charge in [0.25, 0.3) is 0 Å². The van der Waals surface area contributed by atoms with Gasteiger partial charge >= 0.3 is 5.97 Å². The van der Waals surface area contributed by atoms with Crippen molar-refractivity contribution in [2.24, 2.45) is 28.6 Å². The van der Waals surface area contributed by atoms with Gasteiger partial charge in [-0.3, -0.25) is 9.59 Å². The van der Waals surface area contributed by atoms with Gasteiger partial charge in [-0.15, -0.1) is 0 Å². The number of rotatable bonds is 1. The first-order valence-corrected chi connectivity index (χ1v) is 7.04. The molecule has 0 saturated heterocycles. The first-order valence-electron chi connectivity index (χ1n) is 7.04. The number of hydrogen-bond acceptors (Lipinski definition) is 3. The molecule has 3 aliphatic carbocycles. The smallest absolute Gasteiger partial charge is 0.311 e. The molecule has 0 aliphatic heterocycles. The summed E-state index contributed by atoms with van der Waals surface area (Å²) in [5.74, 6) is 1.09. The van der Waals surface area contributed by atoms with Gasteiger partial charge in [0.05, 0.1) is 12.5 Å². The zero-order chi connectivity index (χ0) is 13.1. The van der Waals surface area contributed by atoms with Crippen LogP contribution >= 0.6 is 0 Å². The summed E-state index contributed by atoms with van der Waals surface area (Å²) in [6, 6.07) is 0. The average Bonchev–Trinajstić information content (AvgIpc) is 2.94. The van der Waals surface area contributed by atoms with Gasteiger partial charge in [-0.05, 0) is 43.9 Å². The maximum Gasteiger partial charge on any atom is 0.311 e. The average molecular weight is 250 g/mol. The predicted molar refractivity (Wildman–Crippen MR) is 66.8 cm³/mol. The van der Waals surface area contributed by atoms with Crippen LogP contribution in [0.2, 0.25) is 0 Å². The van der Waals surface area contributed by atoms with Crippen LogP contribution in [-0.4, -0.2) is 18.9 Å². The van der Waals surface area contributed by atoms with E-state index in [1.54, 1.807) is 0 Å². The molecule has 3 heteroatoms. The first kappa shape index (κ1) is 12.2. The Morgan fingerprint density at radius 2 is 2.06 bits per heavy atom. The molecule has 0 amide bonds. The number of esters is 1. The molecule has 3 fully saturated rings. The van der Waals surface area contributed by atoms with E-state index in [4.69, 9.17) is 4.74 Å². The van der Waals surface area contributed by atoms with Crippen LogP contribution in [0, 0.1) is 28.6 Å². The number of ether oxygens (including phenoxy) is 1. The molecule has 4 unspecified atom stereocenters. The summed E-state index contributed by atoms with van der Waals surface area (Å²) in [6.45, 7) is 4.24. The second kappa shape index (κ2) is 3.58. The summed E-state index contributed by atoms with van der Waals surface area (Å²) in [7, 11) is 1.45. The van der Waals surface area contributed by atoms with Crippen molar-refractivity contribution >= 4 is 11.8 Å². The quantitative estimate of drug-likeness (QED) is 0.672. The van der Waals surface area contributed by atoms with Crippen molar-refractivity contribution < 1.29 is 14.3 Å². The van der Waals surface area contributed by atoms with Gasteiger partial charge in [-0.25, -0.2) is 0 Å². The van der Waals surface area contributed by atoms with Gasteiger partial charge in [0.1, 0.15) is 5.78 Å². The Morgan fingerprint density at radius 3 is 2.72 bits per heavy atom. The van der Waals surface area contributed by atoms with Crippen molar-refractivity contribution in [2.75, 3.05) is 7.11 Å². The molecule has 0 N–H and O–H groups in total. The van der Waals surface area contributed by atoms with Crippen LogP contribution in [0.1, 0.15) is 46.0 Å². The summed E-state index contributed by atoms with van der Waals surface area (Å²) in [6.07, 6.45) is 4.93. The Kier molecular flexibility index (Phi) is 2.43. The van der Waals surface area contributed by atoms with Gasteiger partial charge in [0.15, 0.2) is 0 Å². The molecule has 3 aliphatic rings. The van der Waals surface area contributed by atoms with E-state index in [-0.39, 0.29) is 23.2 Å². The Bertz CT molecular complexity index is 416. The number of methoxy groups -OCH3 is 1. The second-order valence-corrected chi connectivity index (χ2v) is 7.03. The molecule has 3 saturated carbocycles. The maximum absolute atomic E-state index is 12.5. The van der Waals surface area contributed by atoms with Crippen molar-refractivity contribution in [2.45, 2.75) is 46.0 Å². The minimum atomic E-state index is -0.434. The zero-order valence-corrected chi connectivity index (χ0v) is 11.5. The standard InChI is InChI=1S/C15H22O3/c1-14(13(17)18-3)7-9-11(8-14)15(2)6-4-5-10(15)12(9)16/h9-11H,4-8H2,1-3H3/t9?,10?,11?,14-,15?/m0/s1. The first-order chi connectivity index (χ1) is 8.42. The van der Waals surface area contributed by atoms with Crippen LogP contribution < -0.4 is 0 Å². The number of ketones is 1. The Morgan fingerprint density at radius 1 is 1.33 bits per heavy atom. The minimum Gasteiger partial charge on any atom is -0.469 e. The number of Topliss-reactive ketones (excluding diaryl/α,β-unsaturated/α-hetero) is 1. The Labute approximate surface area is 108 Å². The van der Waals surface area contributed by atoms with Crippen LogP contribution in [0.3, 0.4) is 0 Å². The third kappa shape index (κ3) is 1.31. The summed E-state index contributed by atoms with van der Waals surface area (Å²) in [5.41, 5.74) is -0.274. The van der Waals surface area contributed by atoms with E-state index < -0.39 is 5.41 Å². The topological polar surface area (TPSA) is 43.4 Å². The van der Waals surface area contributed by atoms with Gasteiger partial charge in [0, 0.05) is 11.8 Å². The van der Waals surface area contributed by atoms with Gasteiger partial charge in [0.2, 0.25) is 0 Å². The summed E-state index contributed by atoms with van der Waals surface area (Å²) < 4.78 is 4.93. The molecule has 0 heterocycles. The summed E-state index contributed by atoms with van der Waals surface area (Å²) >= 11 is 0. The number of fused-ring (bicyclic) bond motifs is 3. The Balaban J connectivity index is 1.92. The van der Waals surface area contributed by atoms with Crippen LogP contribution in [0.4, 0.5) is 0 Å². The molecule has 0 bridgehead atoms. The lowest BCUT2D eigenvalue weighted by molar-refractivity contribution is -0.152. The monoisotopic (exact) mass is 250 g/mol. The molecule has 100 valence electrons. The lowest BCUT2D eigenvalue weighted by Crippen LogP contribution is -2.31. The highest BCUT2D eigenvalue weighted by molar-refractivity contribution is 5.90. The fourth-order valence-electron chi connectivity index (χ4n) is 5.10. The van der Waals surface area contributed by atoms with Crippen molar-refractivity contribution in [1.82, 2.24) is 0 Å². The molecular formula is C15H22O3. The molecule has 0 aromatic carbocycles.